The molecule has 0 radical (unpaired) electrons. The molecule has 23 heavy (non-hydrogen) atoms. The molecule has 120 valence electrons. The minimum absolute atomic E-state index is 0.129. The fourth-order valence-corrected chi connectivity index (χ4v) is 3.67. The standard InChI is InChI=1S/C15H17N5OS2/c1-20-10-16-19-15(20)23-8-11-2-4-12(5-3-11)14(21)18-17-13-6-7-22-9-13/h2-5,9-10,17H,6-8H2,1H3,(H,18,21). The Balaban J connectivity index is 1.51. The smallest absolute Gasteiger partial charge is 0.269 e. The lowest BCUT2D eigenvalue weighted by atomic mass is 10.1. The molecular weight excluding hydrogens is 330 g/mol. The number of aryl methyl sites for hydroxylation is 1. The van der Waals surface area contributed by atoms with Crippen molar-refractivity contribution in [3.63, 3.8) is 0 Å². The van der Waals surface area contributed by atoms with Crippen molar-refractivity contribution in [1.82, 2.24) is 25.6 Å². The second-order valence-corrected chi connectivity index (χ2v) is 6.97. The van der Waals surface area contributed by atoms with Gasteiger partial charge in [-0.15, -0.1) is 22.0 Å². The molecule has 0 bridgehead atoms. The maximum Gasteiger partial charge on any atom is 0.269 e. The Morgan fingerprint density at radius 2 is 2.22 bits per heavy atom. The quantitative estimate of drug-likeness (QED) is 0.617. The predicted molar refractivity (Wildman–Crippen MR) is 92.8 cm³/mol. The molecule has 1 aromatic heterocycles. The van der Waals surface area contributed by atoms with Gasteiger partial charge in [-0.1, -0.05) is 23.9 Å². The molecule has 0 saturated carbocycles. The van der Waals surface area contributed by atoms with E-state index >= 15 is 0 Å². The molecule has 0 unspecified atom stereocenters. The molecule has 0 atom stereocenters. The molecule has 0 spiro atoms. The Bertz CT molecular complexity index is 711. The van der Waals surface area contributed by atoms with Gasteiger partial charge in [0.2, 0.25) is 0 Å². The number of hydrogen-bond acceptors (Lipinski definition) is 6. The number of amides is 1. The molecule has 3 rings (SSSR count). The van der Waals surface area contributed by atoms with E-state index in [4.69, 9.17) is 0 Å². The van der Waals surface area contributed by atoms with Gasteiger partial charge in [0, 0.05) is 29.8 Å². The molecule has 6 nitrogen and oxygen atoms in total. The fourth-order valence-electron chi connectivity index (χ4n) is 1.99. The topological polar surface area (TPSA) is 71.8 Å². The highest BCUT2D eigenvalue weighted by Gasteiger charge is 2.09. The van der Waals surface area contributed by atoms with Crippen LogP contribution in [0.5, 0.6) is 0 Å². The van der Waals surface area contributed by atoms with Crippen LogP contribution in [0.1, 0.15) is 22.3 Å². The minimum atomic E-state index is -0.129. The molecule has 1 aliphatic heterocycles. The normalized spacial score (nSPS) is 13.7. The van der Waals surface area contributed by atoms with Crippen LogP contribution >= 0.6 is 23.5 Å². The maximum atomic E-state index is 12.1. The van der Waals surface area contributed by atoms with E-state index in [1.54, 1.807) is 29.9 Å². The van der Waals surface area contributed by atoms with Crippen LogP contribution in [0.4, 0.5) is 0 Å². The van der Waals surface area contributed by atoms with Gasteiger partial charge in [0.05, 0.1) is 0 Å². The maximum absolute atomic E-state index is 12.1. The number of thioether (sulfide) groups is 2. The van der Waals surface area contributed by atoms with Crippen LogP contribution in [0.15, 0.2) is 46.9 Å². The second kappa shape index (κ2) is 7.56. The predicted octanol–water partition coefficient (Wildman–Crippen LogP) is 2.32. The minimum Gasteiger partial charge on any atom is -0.312 e. The number of carbonyl (C=O) groups is 1. The number of allylic oxidation sites excluding steroid dienone is 1. The zero-order chi connectivity index (χ0) is 16.1. The summed E-state index contributed by atoms with van der Waals surface area (Å²) in [6.07, 6.45) is 2.64. The summed E-state index contributed by atoms with van der Waals surface area (Å²) >= 11 is 3.36. The molecule has 0 fully saturated rings. The molecule has 2 heterocycles. The van der Waals surface area contributed by atoms with Gasteiger partial charge < -0.3 is 9.99 Å². The lowest BCUT2D eigenvalue weighted by Crippen LogP contribution is -2.36. The number of nitrogens with zero attached hydrogens (tertiary/aromatic N) is 3. The third kappa shape index (κ3) is 4.29. The third-order valence-electron chi connectivity index (χ3n) is 3.31. The van der Waals surface area contributed by atoms with Crippen LogP contribution in [0.2, 0.25) is 0 Å². The Labute approximate surface area is 143 Å². The third-order valence-corrected chi connectivity index (χ3v) is 5.30. The van der Waals surface area contributed by atoms with Crippen molar-refractivity contribution in [2.75, 3.05) is 5.75 Å². The van der Waals surface area contributed by atoms with Gasteiger partial charge in [0.15, 0.2) is 5.16 Å². The van der Waals surface area contributed by atoms with Crippen molar-refractivity contribution < 1.29 is 4.79 Å². The van der Waals surface area contributed by atoms with Gasteiger partial charge in [0.25, 0.3) is 5.91 Å². The number of hydrazine groups is 1. The SMILES string of the molecule is Cn1cnnc1SCc1ccc(C(=O)NNC2=CSCC2)cc1. The van der Waals surface area contributed by atoms with Crippen LogP contribution in [-0.2, 0) is 12.8 Å². The zero-order valence-electron chi connectivity index (χ0n) is 12.7. The lowest BCUT2D eigenvalue weighted by molar-refractivity contribution is 0.0938. The molecule has 1 aromatic carbocycles. The van der Waals surface area contributed by atoms with Gasteiger partial charge in [-0.3, -0.25) is 10.2 Å². The van der Waals surface area contributed by atoms with Crippen molar-refractivity contribution in [2.45, 2.75) is 17.3 Å². The van der Waals surface area contributed by atoms with Crippen molar-refractivity contribution >= 4 is 29.4 Å². The summed E-state index contributed by atoms with van der Waals surface area (Å²) in [5.74, 6) is 1.72. The van der Waals surface area contributed by atoms with Gasteiger partial charge in [-0.25, -0.2) is 0 Å². The Morgan fingerprint density at radius 3 is 2.87 bits per heavy atom. The Kier molecular flexibility index (Phi) is 5.24. The van der Waals surface area contributed by atoms with E-state index in [1.165, 1.54) is 0 Å². The number of rotatable bonds is 6. The highest BCUT2D eigenvalue weighted by Crippen LogP contribution is 2.20. The summed E-state index contributed by atoms with van der Waals surface area (Å²) in [6.45, 7) is 0. The van der Waals surface area contributed by atoms with Crippen LogP contribution in [-0.4, -0.2) is 26.4 Å². The van der Waals surface area contributed by atoms with E-state index in [2.05, 4.69) is 21.0 Å². The Morgan fingerprint density at radius 1 is 1.39 bits per heavy atom. The van der Waals surface area contributed by atoms with Gasteiger partial charge in [0.1, 0.15) is 6.33 Å². The molecule has 2 N–H and O–H groups in total. The van der Waals surface area contributed by atoms with Gasteiger partial charge >= 0.3 is 0 Å². The highest BCUT2D eigenvalue weighted by atomic mass is 32.2. The van der Waals surface area contributed by atoms with Gasteiger partial charge in [-0.05, 0) is 29.5 Å². The van der Waals surface area contributed by atoms with Crippen LogP contribution in [0.3, 0.4) is 0 Å². The molecular formula is C15H17N5OS2. The summed E-state index contributed by atoms with van der Waals surface area (Å²) < 4.78 is 1.88. The van der Waals surface area contributed by atoms with Crippen molar-refractivity contribution in [3.05, 3.63) is 52.8 Å². The first-order valence-corrected chi connectivity index (χ1v) is 9.18. The number of nitrogens with one attached hydrogen (secondary N) is 2. The summed E-state index contributed by atoms with van der Waals surface area (Å²) in [7, 11) is 1.92. The molecule has 2 aromatic rings. The lowest BCUT2D eigenvalue weighted by Gasteiger charge is -2.09. The van der Waals surface area contributed by atoms with E-state index in [-0.39, 0.29) is 5.91 Å². The van der Waals surface area contributed by atoms with Gasteiger partial charge in [-0.2, -0.15) is 0 Å². The summed E-state index contributed by atoms with van der Waals surface area (Å²) in [4.78, 5) is 12.1. The first kappa shape index (κ1) is 15.9. The summed E-state index contributed by atoms with van der Waals surface area (Å²) in [5.41, 5.74) is 8.52. The largest absolute Gasteiger partial charge is 0.312 e. The molecule has 8 heteroatoms. The zero-order valence-corrected chi connectivity index (χ0v) is 14.3. The first-order chi connectivity index (χ1) is 11.2. The van der Waals surface area contributed by atoms with E-state index in [0.717, 1.165) is 34.3 Å². The van der Waals surface area contributed by atoms with E-state index in [1.807, 2.05) is 41.3 Å². The number of benzene rings is 1. The van der Waals surface area contributed by atoms with Crippen LogP contribution < -0.4 is 10.9 Å². The fraction of sp³-hybridized carbons (Fsp3) is 0.267. The summed E-state index contributed by atoms with van der Waals surface area (Å²) in [6, 6.07) is 7.59. The molecule has 0 saturated heterocycles. The summed E-state index contributed by atoms with van der Waals surface area (Å²) in [5, 5.41) is 10.8. The molecule has 1 amide bonds. The van der Waals surface area contributed by atoms with Crippen molar-refractivity contribution in [3.8, 4) is 0 Å². The van der Waals surface area contributed by atoms with E-state index in [9.17, 15) is 4.79 Å². The van der Waals surface area contributed by atoms with E-state index < -0.39 is 0 Å². The van der Waals surface area contributed by atoms with Crippen molar-refractivity contribution in [1.29, 1.82) is 0 Å². The monoisotopic (exact) mass is 347 g/mol. The average molecular weight is 347 g/mol. The van der Waals surface area contributed by atoms with E-state index in [0.29, 0.717) is 5.56 Å². The van der Waals surface area contributed by atoms with Crippen LogP contribution in [0.25, 0.3) is 0 Å². The average Bonchev–Trinajstić information content (AvgIpc) is 3.23. The first-order valence-electron chi connectivity index (χ1n) is 7.15. The van der Waals surface area contributed by atoms with Crippen LogP contribution in [0, 0.1) is 0 Å². The number of aromatic nitrogens is 3. The Hall–Kier alpha value is -1.93. The molecule has 0 aliphatic carbocycles. The van der Waals surface area contributed by atoms with Crippen molar-refractivity contribution in [2.24, 2.45) is 7.05 Å². The number of carbonyl (C=O) groups excluding carboxylic acids is 1. The number of hydrogen-bond donors (Lipinski definition) is 2. The second-order valence-electron chi connectivity index (χ2n) is 5.05. The highest BCUT2D eigenvalue weighted by molar-refractivity contribution is 8.02. The molecule has 1 aliphatic rings.